The highest BCUT2D eigenvalue weighted by molar-refractivity contribution is 5.74. The summed E-state index contributed by atoms with van der Waals surface area (Å²) in [6.07, 6.45) is 2.24. The summed E-state index contributed by atoms with van der Waals surface area (Å²) in [6.45, 7) is 3.85. The molecule has 2 bridgehead atoms. The molecule has 5 heteroatoms. The van der Waals surface area contributed by atoms with E-state index in [0.717, 1.165) is 31.5 Å². The smallest absolute Gasteiger partial charge is 0.238 e. The van der Waals surface area contributed by atoms with E-state index >= 15 is 0 Å². The third kappa shape index (κ3) is 1.87. The third-order valence-electron chi connectivity index (χ3n) is 5.01. The highest BCUT2D eigenvalue weighted by atomic mass is 19.1. The van der Waals surface area contributed by atoms with Crippen LogP contribution < -0.4 is 10.3 Å². The molecule has 0 aromatic heterocycles. The fourth-order valence-electron chi connectivity index (χ4n) is 4.03. The number of nitrogens with zero attached hydrogens (tertiary/aromatic N) is 1. The predicted octanol–water partition coefficient (Wildman–Crippen LogP) is 0.549. The second-order valence-corrected chi connectivity index (χ2v) is 6.15. The van der Waals surface area contributed by atoms with Crippen LogP contribution in [0, 0.1) is 5.82 Å². The number of hydrogen-bond acceptors (Lipinski definition) is 2. The maximum absolute atomic E-state index is 13.2. The van der Waals surface area contributed by atoms with Gasteiger partial charge in [0.15, 0.2) is 6.04 Å². The molecule has 1 amide bonds. The fraction of sp³-hybridized carbons (Fsp3) is 0.438. The van der Waals surface area contributed by atoms with Crippen LogP contribution in [0.2, 0.25) is 0 Å². The van der Waals surface area contributed by atoms with Gasteiger partial charge in [0, 0.05) is 19.8 Å². The summed E-state index contributed by atoms with van der Waals surface area (Å²) in [5.41, 5.74) is 7.03. The molecule has 4 heterocycles. The maximum Gasteiger partial charge on any atom is 0.238 e. The molecular formula is C16H19FN3O+. The van der Waals surface area contributed by atoms with Crippen LogP contribution in [0.15, 0.2) is 35.5 Å². The number of piperidine rings is 1. The predicted molar refractivity (Wildman–Crippen MR) is 75.5 cm³/mol. The van der Waals surface area contributed by atoms with E-state index in [1.807, 2.05) is 0 Å². The Kier molecular flexibility index (Phi) is 2.79. The van der Waals surface area contributed by atoms with Gasteiger partial charge in [-0.2, -0.15) is 0 Å². The van der Waals surface area contributed by atoms with Crippen LogP contribution in [-0.2, 0) is 4.79 Å². The van der Waals surface area contributed by atoms with Crippen LogP contribution in [0.4, 0.5) is 4.39 Å². The van der Waals surface area contributed by atoms with Crippen LogP contribution >= 0.6 is 0 Å². The molecule has 1 aromatic carbocycles. The summed E-state index contributed by atoms with van der Waals surface area (Å²) < 4.78 is 13.2. The zero-order valence-corrected chi connectivity index (χ0v) is 12.0. The fourth-order valence-corrected chi connectivity index (χ4v) is 4.03. The highest BCUT2D eigenvalue weighted by Gasteiger charge is 2.51. The van der Waals surface area contributed by atoms with Crippen molar-refractivity contribution in [3.05, 3.63) is 46.9 Å². The summed E-state index contributed by atoms with van der Waals surface area (Å²) in [7, 11) is 0. The lowest BCUT2D eigenvalue weighted by molar-refractivity contribution is -0.927. The Morgan fingerprint density at radius 2 is 1.95 bits per heavy atom. The highest BCUT2D eigenvalue weighted by Crippen LogP contribution is 2.36. The lowest BCUT2D eigenvalue weighted by Gasteiger charge is -2.38. The average molecular weight is 288 g/mol. The van der Waals surface area contributed by atoms with Crippen molar-refractivity contribution >= 4 is 5.91 Å². The van der Waals surface area contributed by atoms with Crippen LogP contribution in [0.25, 0.3) is 0 Å². The summed E-state index contributed by atoms with van der Waals surface area (Å²) >= 11 is 0. The molecule has 2 unspecified atom stereocenters. The van der Waals surface area contributed by atoms with Gasteiger partial charge in [0.2, 0.25) is 5.91 Å². The summed E-state index contributed by atoms with van der Waals surface area (Å²) in [5, 5.41) is 1.73. The van der Waals surface area contributed by atoms with E-state index in [0.29, 0.717) is 0 Å². The number of nitrogens with one attached hydrogen (secondary N) is 2. The van der Waals surface area contributed by atoms with Crippen molar-refractivity contribution in [2.24, 2.45) is 0 Å². The van der Waals surface area contributed by atoms with Gasteiger partial charge in [0.25, 0.3) is 0 Å². The first kappa shape index (κ1) is 12.8. The number of carbonyl (C=O) groups excluding carboxylic acids is 1. The van der Waals surface area contributed by atoms with E-state index in [1.54, 1.807) is 24.1 Å². The quantitative estimate of drug-likeness (QED) is 0.792. The first-order chi connectivity index (χ1) is 10.1. The van der Waals surface area contributed by atoms with Crippen LogP contribution in [0.5, 0.6) is 0 Å². The van der Waals surface area contributed by atoms with E-state index in [-0.39, 0.29) is 23.8 Å². The molecule has 2 fully saturated rings. The molecular weight excluding hydrogens is 269 g/mol. The molecule has 0 saturated carbocycles. The number of fused-ring (bicyclic) bond motifs is 2. The molecule has 110 valence electrons. The molecule has 2 atom stereocenters. The summed E-state index contributed by atoms with van der Waals surface area (Å²) in [4.78, 5) is 13.6. The van der Waals surface area contributed by atoms with Gasteiger partial charge in [0.1, 0.15) is 11.9 Å². The maximum atomic E-state index is 13.2. The molecule has 2 saturated heterocycles. The molecule has 2 N–H and O–H groups in total. The van der Waals surface area contributed by atoms with Crippen molar-refractivity contribution in [2.45, 2.75) is 31.8 Å². The van der Waals surface area contributed by atoms with Crippen LogP contribution in [0.3, 0.4) is 0 Å². The van der Waals surface area contributed by atoms with E-state index in [9.17, 15) is 9.18 Å². The average Bonchev–Trinajstić information content (AvgIpc) is 2.92. The normalized spacial score (nSPS) is 30.4. The van der Waals surface area contributed by atoms with Gasteiger partial charge in [0.05, 0.1) is 18.8 Å². The number of hydrazine groups is 1. The minimum absolute atomic E-state index is 0.00632. The second kappa shape index (κ2) is 4.56. The monoisotopic (exact) mass is 288 g/mol. The first-order valence-electron chi connectivity index (χ1n) is 7.53. The molecule has 0 spiro atoms. The Labute approximate surface area is 123 Å². The number of halogens is 1. The Hall–Kier alpha value is -1.88. The summed E-state index contributed by atoms with van der Waals surface area (Å²) in [5.74, 6) is -0.234. The SMILES string of the molecule is CC(=O)N1NC2=C3CC[NH+](CC3)C2C1c1ccc(F)cc1. The molecule has 1 aromatic rings. The van der Waals surface area contributed by atoms with Crippen LogP contribution in [-0.4, -0.2) is 30.0 Å². The number of carbonyl (C=O) groups is 1. The minimum atomic E-state index is -0.240. The van der Waals surface area contributed by atoms with Crippen molar-refractivity contribution in [2.75, 3.05) is 13.1 Å². The summed E-state index contributed by atoms with van der Waals surface area (Å²) in [6, 6.07) is 6.79. The molecule has 21 heavy (non-hydrogen) atoms. The van der Waals surface area contributed by atoms with Crippen molar-refractivity contribution < 1.29 is 14.1 Å². The van der Waals surface area contributed by atoms with Gasteiger partial charge in [-0.15, -0.1) is 0 Å². The minimum Gasteiger partial charge on any atom is -0.325 e. The molecule has 5 rings (SSSR count). The van der Waals surface area contributed by atoms with Gasteiger partial charge >= 0.3 is 0 Å². The lowest BCUT2D eigenvalue weighted by atomic mass is 9.86. The van der Waals surface area contributed by atoms with Gasteiger partial charge in [-0.3, -0.25) is 10.2 Å². The van der Waals surface area contributed by atoms with Crippen molar-refractivity contribution in [3.63, 3.8) is 0 Å². The number of hydrogen-bond donors (Lipinski definition) is 2. The number of benzene rings is 1. The van der Waals surface area contributed by atoms with Crippen molar-refractivity contribution in [3.8, 4) is 0 Å². The van der Waals surface area contributed by atoms with Crippen molar-refractivity contribution in [1.82, 2.24) is 10.4 Å². The number of rotatable bonds is 1. The van der Waals surface area contributed by atoms with Gasteiger partial charge < -0.3 is 4.90 Å². The van der Waals surface area contributed by atoms with E-state index in [4.69, 9.17) is 0 Å². The largest absolute Gasteiger partial charge is 0.325 e. The Morgan fingerprint density at radius 3 is 2.57 bits per heavy atom. The zero-order valence-electron chi connectivity index (χ0n) is 12.0. The molecule has 4 aliphatic rings. The number of quaternary nitrogens is 1. The Bertz CT molecular complexity index is 615. The zero-order chi connectivity index (χ0) is 14.6. The van der Waals surface area contributed by atoms with Gasteiger partial charge in [-0.1, -0.05) is 12.1 Å². The lowest BCUT2D eigenvalue weighted by Crippen LogP contribution is -3.18. The van der Waals surface area contributed by atoms with E-state index in [1.165, 1.54) is 28.3 Å². The first-order valence-corrected chi connectivity index (χ1v) is 7.53. The number of amides is 1. The van der Waals surface area contributed by atoms with Gasteiger partial charge in [-0.25, -0.2) is 9.40 Å². The molecule has 0 radical (unpaired) electrons. The topological polar surface area (TPSA) is 36.8 Å². The third-order valence-corrected chi connectivity index (χ3v) is 5.01. The molecule has 4 nitrogen and oxygen atoms in total. The van der Waals surface area contributed by atoms with E-state index in [2.05, 4.69) is 5.43 Å². The molecule has 0 aliphatic carbocycles. The second-order valence-electron chi connectivity index (χ2n) is 6.15. The van der Waals surface area contributed by atoms with E-state index < -0.39 is 0 Å². The standard InChI is InChI=1S/C16H18FN3O/c1-10(21)20-15(12-2-4-13(17)5-3-12)16-14(18-20)11-6-8-19(16)9-7-11/h2-5,15-16,18H,6-9H2,1H3/p+1. The Morgan fingerprint density at radius 1 is 1.29 bits per heavy atom. The van der Waals surface area contributed by atoms with Crippen LogP contribution in [0.1, 0.15) is 31.4 Å². The van der Waals surface area contributed by atoms with Crippen molar-refractivity contribution in [1.29, 1.82) is 0 Å². The molecule has 4 aliphatic heterocycles. The Balaban J connectivity index is 1.80. The van der Waals surface area contributed by atoms with Gasteiger partial charge in [-0.05, 0) is 23.3 Å².